The summed E-state index contributed by atoms with van der Waals surface area (Å²) in [5.74, 6) is 0. The molecule has 1 heterocycles. The Balaban J connectivity index is 2.08. The highest BCUT2D eigenvalue weighted by Gasteiger charge is 2.34. The first-order chi connectivity index (χ1) is 6.68. The van der Waals surface area contributed by atoms with Crippen molar-refractivity contribution in [3.05, 3.63) is 35.9 Å². The fourth-order valence-corrected chi connectivity index (χ4v) is 1.69. The van der Waals surface area contributed by atoms with Gasteiger partial charge in [0.2, 0.25) is 0 Å². The van der Waals surface area contributed by atoms with Gasteiger partial charge in [-0.25, -0.2) is 4.79 Å². The maximum absolute atomic E-state index is 10.9. The lowest BCUT2D eigenvalue weighted by Gasteiger charge is -2.20. The van der Waals surface area contributed by atoms with E-state index in [0.717, 1.165) is 6.42 Å². The Kier molecular flexibility index (Phi) is 2.15. The minimum atomic E-state index is -0.316. The topological polar surface area (TPSA) is 38.3 Å². The highest BCUT2D eigenvalue weighted by atomic mass is 16.6. The molecule has 1 amide bonds. The number of amides is 1. The minimum Gasteiger partial charge on any atom is -0.447 e. The Labute approximate surface area is 83.1 Å². The highest BCUT2D eigenvalue weighted by Crippen LogP contribution is 2.18. The highest BCUT2D eigenvalue weighted by molar-refractivity contribution is 5.70. The van der Waals surface area contributed by atoms with Gasteiger partial charge < -0.3 is 10.1 Å². The lowest BCUT2D eigenvalue weighted by molar-refractivity contribution is 0.173. The Morgan fingerprint density at radius 2 is 2.14 bits per heavy atom. The molecule has 1 fully saturated rings. The summed E-state index contributed by atoms with van der Waals surface area (Å²) in [6.07, 6.45) is 0.489. The van der Waals surface area contributed by atoms with Crippen molar-refractivity contribution < 1.29 is 9.53 Å². The van der Waals surface area contributed by atoms with Crippen LogP contribution in [0.1, 0.15) is 12.5 Å². The average Bonchev–Trinajstić information content (AvgIpc) is 2.47. The summed E-state index contributed by atoms with van der Waals surface area (Å²) in [5, 5.41) is 2.82. The van der Waals surface area contributed by atoms with Crippen LogP contribution in [0, 0.1) is 0 Å². The number of carbonyl (C=O) groups excluding carboxylic acids is 1. The molecule has 1 aliphatic heterocycles. The number of rotatable bonds is 2. The van der Waals surface area contributed by atoms with Crippen LogP contribution < -0.4 is 5.32 Å². The largest absolute Gasteiger partial charge is 0.447 e. The molecule has 1 saturated heterocycles. The zero-order chi connectivity index (χ0) is 10.0. The molecule has 1 aliphatic rings. The van der Waals surface area contributed by atoms with Gasteiger partial charge in [0, 0.05) is 0 Å². The number of nitrogens with one attached hydrogen (secondary N) is 1. The molecule has 0 aliphatic carbocycles. The molecule has 14 heavy (non-hydrogen) atoms. The van der Waals surface area contributed by atoms with Gasteiger partial charge in [0.05, 0.1) is 5.54 Å². The predicted molar refractivity (Wildman–Crippen MR) is 53.0 cm³/mol. The summed E-state index contributed by atoms with van der Waals surface area (Å²) in [5.41, 5.74) is 0.958. The van der Waals surface area contributed by atoms with Gasteiger partial charge in [0.1, 0.15) is 6.61 Å². The van der Waals surface area contributed by atoms with Crippen molar-refractivity contribution in [2.24, 2.45) is 0 Å². The van der Waals surface area contributed by atoms with Crippen LogP contribution in [0.25, 0.3) is 0 Å². The van der Waals surface area contributed by atoms with Crippen molar-refractivity contribution in [3.63, 3.8) is 0 Å². The third-order valence-corrected chi connectivity index (χ3v) is 2.36. The second kappa shape index (κ2) is 3.33. The van der Waals surface area contributed by atoms with Gasteiger partial charge in [-0.05, 0) is 18.9 Å². The lowest BCUT2D eigenvalue weighted by Crippen LogP contribution is -2.42. The summed E-state index contributed by atoms with van der Waals surface area (Å²) in [6, 6.07) is 10.1. The van der Waals surface area contributed by atoms with E-state index in [2.05, 4.69) is 17.4 Å². The van der Waals surface area contributed by atoms with Crippen LogP contribution in [0.4, 0.5) is 4.79 Å². The van der Waals surface area contributed by atoms with Crippen molar-refractivity contribution in [3.8, 4) is 0 Å². The van der Waals surface area contributed by atoms with Gasteiger partial charge in [-0.1, -0.05) is 30.3 Å². The summed E-state index contributed by atoms with van der Waals surface area (Å²) in [4.78, 5) is 10.9. The smallest absolute Gasteiger partial charge is 0.407 e. The zero-order valence-electron chi connectivity index (χ0n) is 8.12. The van der Waals surface area contributed by atoms with E-state index in [1.54, 1.807) is 0 Å². The molecule has 3 nitrogen and oxygen atoms in total. The van der Waals surface area contributed by atoms with Crippen molar-refractivity contribution in [2.45, 2.75) is 18.9 Å². The number of ether oxygens (including phenoxy) is 1. The van der Waals surface area contributed by atoms with Gasteiger partial charge in [-0.15, -0.1) is 0 Å². The molecule has 1 unspecified atom stereocenters. The number of cyclic esters (lactones) is 1. The van der Waals surface area contributed by atoms with Crippen molar-refractivity contribution in [1.29, 1.82) is 0 Å². The number of hydrogen-bond donors (Lipinski definition) is 1. The van der Waals surface area contributed by atoms with E-state index in [0.29, 0.717) is 6.61 Å². The molecule has 0 saturated carbocycles. The molecular formula is C11H13NO2. The van der Waals surface area contributed by atoms with E-state index in [1.165, 1.54) is 5.56 Å². The van der Waals surface area contributed by atoms with Gasteiger partial charge >= 0.3 is 6.09 Å². The number of benzene rings is 1. The molecule has 0 bridgehead atoms. The third kappa shape index (κ3) is 1.87. The molecule has 2 rings (SSSR count). The third-order valence-electron chi connectivity index (χ3n) is 2.36. The molecule has 0 spiro atoms. The number of hydrogen-bond acceptors (Lipinski definition) is 2. The maximum Gasteiger partial charge on any atom is 0.407 e. The first-order valence-corrected chi connectivity index (χ1v) is 4.67. The van der Waals surface area contributed by atoms with E-state index in [9.17, 15) is 4.79 Å². The molecule has 0 aromatic heterocycles. The predicted octanol–water partition coefficient (Wildman–Crippen LogP) is 1.73. The quantitative estimate of drug-likeness (QED) is 0.773. The summed E-state index contributed by atoms with van der Waals surface area (Å²) < 4.78 is 4.89. The minimum absolute atomic E-state index is 0.252. The monoisotopic (exact) mass is 191 g/mol. The van der Waals surface area contributed by atoms with Gasteiger partial charge in [0.15, 0.2) is 0 Å². The Morgan fingerprint density at radius 1 is 1.43 bits per heavy atom. The second-order valence-corrected chi connectivity index (χ2v) is 3.92. The molecule has 1 aromatic rings. The zero-order valence-corrected chi connectivity index (χ0v) is 8.12. The van der Waals surface area contributed by atoms with Gasteiger partial charge in [-0.2, -0.15) is 0 Å². The van der Waals surface area contributed by atoms with Crippen molar-refractivity contribution in [2.75, 3.05) is 6.61 Å². The standard InChI is InChI=1S/C11H13NO2/c1-11(8-14-10(13)12-11)7-9-5-3-2-4-6-9/h2-6H,7-8H2,1H3,(H,12,13). The van der Waals surface area contributed by atoms with Crippen LogP contribution in [0.5, 0.6) is 0 Å². The van der Waals surface area contributed by atoms with Crippen LogP contribution in [0.3, 0.4) is 0 Å². The number of carbonyl (C=O) groups is 1. The van der Waals surface area contributed by atoms with Crippen LogP contribution in [0.2, 0.25) is 0 Å². The first kappa shape index (κ1) is 9.06. The van der Waals surface area contributed by atoms with E-state index in [1.807, 2.05) is 25.1 Å². The molecule has 0 radical (unpaired) electrons. The van der Waals surface area contributed by atoms with Crippen LogP contribution in [-0.2, 0) is 11.2 Å². The number of alkyl carbamates (subject to hydrolysis) is 1. The fraction of sp³-hybridized carbons (Fsp3) is 0.364. The van der Waals surface area contributed by atoms with Crippen LogP contribution in [0.15, 0.2) is 30.3 Å². The lowest BCUT2D eigenvalue weighted by atomic mass is 9.94. The normalized spacial score (nSPS) is 25.6. The van der Waals surface area contributed by atoms with Crippen molar-refractivity contribution >= 4 is 6.09 Å². The Morgan fingerprint density at radius 3 is 2.71 bits per heavy atom. The first-order valence-electron chi connectivity index (χ1n) is 4.67. The summed E-state index contributed by atoms with van der Waals surface area (Å²) in [6.45, 7) is 2.44. The molecule has 74 valence electrons. The van der Waals surface area contributed by atoms with E-state index in [-0.39, 0.29) is 11.6 Å². The summed E-state index contributed by atoms with van der Waals surface area (Å²) >= 11 is 0. The van der Waals surface area contributed by atoms with Gasteiger partial charge in [-0.3, -0.25) is 0 Å². The Bertz CT molecular complexity index is 336. The van der Waals surface area contributed by atoms with Crippen molar-refractivity contribution in [1.82, 2.24) is 5.32 Å². The van der Waals surface area contributed by atoms with E-state index < -0.39 is 0 Å². The van der Waals surface area contributed by atoms with Crippen LogP contribution in [-0.4, -0.2) is 18.2 Å². The summed E-state index contributed by atoms with van der Waals surface area (Å²) in [7, 11) is 0. The SMILES string of the molecule is CC1(Cc2ccccc2)COC(=O)N1. The molecular weight excluding hydrogens is 178 g/mol. The maximum atomic E-state index is 10.9. The second-order valence-electron chi connectivity index (χ2n) is 3.92. The van der Waals surface area contributed by atoms with Crippen LogP contribution >= 0.6 is 0 Å². The molecule has 1 aromatic carbocycles. The average molecular weight is 191 g/mol. The molecule has 1 atom stereocenters. The van der Waals surface area contributed by atoms with E-state index in [4.69, 9.17) is 4.74 Å². The fourth-order valence-electron chi connectivity index (χ4n) is 1.69. The van der Waals surface area contributed by atoms with E-state index >= 15 is 0 Å². The Hall–Kier alpha value is -1.51. The molecule has 3 heteroatoms. The molecule has 1 N–H and O–H groups in total. The van der Waals surface area contributed by atoms with Gasteiger partial charge in [0.25, 0.3) is 0 Å².